The largest absolute Gasteiger partial charge is 0.322 e. The molecule has 2 nitrogen and oxygen atoms in total. The lowest BCUT2D eigenvalue weighted by atomic mass is 10.1. The van der Waals surface area contributed by atoms with Gasteiger partial charge in [-0.2, -0.15) is 0 Å². The summed E-state index contributed by atoms with van der Waals surface area (Å²) >= 11 is 3.35. The van der Waals surface area contributed by atoms with Gasteiger partial charge in [-0.25, -0.2) is 8.78 Å². The molecule has 0 fully saturated rings. The molecule has 0 spiro atoms. The van der Waals surface area contributed by atoms with Gasteiger partial charge in [0, 0.05) is 16.2 Å². The van der Waals surface area contributed by atoms with Crippen LogP contribution in [-0.4, -0.2) is 5.91 Å². The van der Waals surface area contributed by atoms with Crippen LogP contribution in [0.5, 0.6) is 0 Å². The van der Waals surface area contributed by atoms with Gasteiger partial charge in [0.1, 0.15) is 11.6 Å². The number of carbonyl (C=O) groups is 1. The minimum Gasteiger partial charge on any atom is -0.322 e. The summed E-state index contributed by atoms with van der Waals surface area (Å²) in [4.78, 5) is 12.1. The Labute approximate surface area is 123 Å². The van der Waals surface area contributed by atoms with E-state index >= 15 is 0 Å². The van der Waals surface area contributed by atoms with Crippen molar-refractivity contribution >= 4 is 27.5 Å². The lowest BCUT2D eigenvalue weighted by Crippen LogP contribution is -2.15. The normalized spacial score (nSPS) is 10.4. The maximum absolute atomic E-state index is 13.7. The van der Waals surface area contributed by atoms with Gasteiger partial charge < -0.3 is 5.32 Å². The molecule has 2 aromatic rings. The second kappa shape index (κ2) is 5.71. The lowest BCUT2D eigenvalue weighted by molar-refractivity contribution is 0.102. The molecular formula is C15H12BrF2NO. The van der Waals surface area contributed by atoms with E-state index in [-0.39, 0.29) is 11.1 Å². The van der Waals surface area contributed by atoms with Gasteiger partial charge in [0.15, 0.2) is 0 Å². The first-order chi connectivity index (χ1) is 9.40. The van der Waals surface area contributed by atoms with Crippen LogP contribution in [0.2, 0.25) is 0 Å². The van der Waals surface area contributed by atoms with Crippen LogP contribution in [0.25, 0.3) is 0 Å². The van der Waals surface area contributed by atoms with Crippen molar-refractivity contribution in [1.29, 1.82) is 0 Å². The molecule has 1 amide bonds. The number of amides is 1. The van der Waals surface area contributed by atoms with Gasteiger partial charge in [0.25, 0.3) is 5.91 Å². The number of aryl methyl sites for hydroxylation is 1. The highest BCUT2D eigenvalue weighted by molar-refractivity contribution is 9.10. The Kier molecular flexibility index (Phi) is 4.18. The molecule has 0 aliphatic heterocycles. The van der Waals surface area contributed by atoms with E-state index in [1.165, 1.54) is 13.0 Å². The van der Waals surface area contributed by atoms with Gasteiger partial charge in [0.05, 0.1) is 5.56 Å². The number of nitrogens with one attached hydrogen (secondary N) is 1. The first-order valence-corrected chi connectivity index (χ1v) is 6.71. The third kappa shape index (κ3) is 2.88. The van der Waals surface area contributed by atoms with Crippen LogP contribution in [0.1, 0.15) is 21.5 Å². The van der Waals surface area contributed by atoms with Crippen molar-refractivity contribution in [1.82, 2.24) is 0 Å². The number of anilines is 1. The summed E-state index contributed by atoms with van der Waals surface area (Å²) in [5.74, 6) is -2.15. The highest BCUT2D eigenvalue weighted by Gasteiger charge is 2.15. The minimum absolute atomic E-state index is 0.178. The van der Waals surface area contributed by atoms with E-state index in [0.717, 1.165) is 16.1 Å². The van der Waals surface area contributed by atoms with Crippen molar-refractivity contribution in [2.24, 2.45) is 0 Å². The number of rotatable bonds is 2. The fraction of sp³-hybridized carbons (Fsp3) is 0.133. The van der Waals surface area contributed by atoms with Crippen LogP contribution >= 0.6 is 15.9 Å². The summed E-state index contributed by atoms with van der Waals surface area (Å²) in [6, 6.07) is 7.24. The second-order valence-corrected chi connectivity index (χ2v) is 5.30. The molecule has 104 valence electrons. The van der Waals surface area contributed by atoms with Crippen molar-refractivity contribution in [2.45, 2.75) is 13.8 Å². The van der Waals surface area contributed by atoms with E-state index in [0.29, 0.717) is 5.69 Å². The van der Waals surface area contributed by atoms with Gasteiger partial charge in [-0.05, 0) is 43.2 Å². The van der Waals surface area contributed by atoms with E-state index in [1.54, 1.807) is 12.1 Å². The summed E-state index contributed by atoms with van der Waals surface area (Å²) in [5.41, 5.74) is 1.46. The quantitative estimate of drug-likeness (QED) is 0.851. The summed E-state index contributed by atoms with van der Waals surface area (Å²) in [6.07, 6.45) is 0. The number of hydrogen-bond acceptors (Lipinski definition) is 1. The maximum Gasteiger partial charge on any atom is 0.258 e. The molecule has 0 aromatic heterocycles. The average Bonchev–Trinajstić information content (AvgIpc) is 2.39. The topological polar surface area (TPSA) is 29.1 Å². The molecular weight excluding hydrogens is 328 g/mol. The maximum atomic E-state index is 13.7. The fourth-order valence-electron chi connectivity index (χ4n) is 1.76. The van der Waals surface area contributed by atoms with Gasteiger partial charge in [-0.15, -0.1) is 0 Å². The third-order valence-electron chi connectivity index (χ3n) is 3.01. The molecule has 2 rings (SSSR count). The van der Waals surface area contributed by atoms with Crippen molar-refractivity contribution in [3.05, 3.63) is 63.1 Å². The molecule has 1 N–H and O–H groups in total. The standard InChI is InChI=1S/C15H12BrF2NO/c1-8-6-10(13(18)7-12(8)17)15(20)19-14-5-3-4-11(16)9(14)2/h3-7H,1-2H3,(H,19,20). The number of hydrogen-bond donors (Lipinski definition) is 1. The highest BCUT2D eigenvalue weighted by Crippen LogP contribution is 2.24. The fourth-order valence-corrected chi connectivity index (χ4v) is 2.13. The molecule has 2 aromatic carbocycles. The van der Waals surface area contributed by atoms with Crippen molar-refractivity contribution in [2.75, 3.05) is 5.32 Å². The van der Waals surface area contributed by atoms with E-state index in [4.69, 9.17) is 0 Å². The molecule has 0 aliphatic rings. The molecule has 0 heterocycles. The minimum atomic E-state index is -0.877. The Morgan fingerprint density at radius 3 is 2.55 bits per heavy atom. The smallest absolute Gasteiger partial charge is 0.258 e. The van der Waals surface area contributed by atoms with Gasteiger partial charge in [-0.3, -0.25) is 4.79 Å². The number of benzene rings is 2. The SMILES string of the molecule is Cc1cc(C(=O)Nc2cccc(Br)c2C)c(F)cc1F. The predicted octanol–water partition coefficient (Wildman–Crippen LogP) is 4.60. The first-order valence-electron chi connectivity index (χ1n) is 5.92. The van der Waals surface area contributed by atoms with Crippen LogP contribution in [0.15, 0.2) is 34.8 Å². The molecule has 0 saturated carbocycles. The molecule has 20 heavy (non-hydrogen) atoms. The highest BCUT2D eigenvalue weighted by atomic mass is 79.9. The van der Waals surface area contributed by atoms with E-state index in [1.807, 2.05) is 13.0 Å². The molecule has 0 aliphatic carbocycles. The Morgan fingerprint density at radius 2 is 1.85 bits per heavy atom. The van der Waals surface area contributed by atoms with Gasteiger partial charge in [0.2, 0.25) is 0 Å². The average molecular weight is 340 g/mol. The van der Waals surface area contributed by atoms with E-state index in [9.17, 15) is 13.6 Å². The molecule has 5 heteroatoms. The van der Waals surface area contributed by atoms with Crippen LogP contribution in [0, 0.1) is 25.5 Å². The zero-order valence-electron chi connectivity index (χ0n) is 10.9. The monoisotopic (exact) mass is 339 g/mol. The molecule has 0 atom stereocenters. The van der Waals surface area contributed by atoms with Crippen molar-refractivity contribution in [3.63, 3.8) is 0 Å². The predicted molar refractivity (Wildman–Crippen MR) is 77.9 cm³/mol. The van der Waals surface area contributed by atoms with Gasteiger partial charge >= 0.3 is 0 Å². The number of halogens is 3. The van der Waals surface area contributed by atoms with Crippen LogP contribution in [0.4, 0.5) is 14.5 Å². The zero-order valence-corrected chi connectivity index (χ0v) is 12.5. The Bertz CT molecular complexity index is 686. The molecule has 0 saturated heterocycles. The summed E-state index contributed by atoms with van der Waals surface area (Å²) in [6.45, 7) is 3.31. The first kappa shape index (κ1) is 14.7. The van der Waals surface area contributed by atoms with Crippen molar-refractivity contribution in [3.8, 4) is 0 Å². The Balaban J connectivity index is 2.33. The van der Waals surface area contributed by atoms with Crippen LogP contribution in [0.3, 0.4) is 0 Å². The van der Waals surface area contributed by atoms with Crippen molar-refractivity contribution < 1.29 is 13.6 Å². The summed E-state index contributed by atoms with van der Waals surface area (Å²) in [7, 11) is 0. The van der Waals surface area contributed by atoms with Crippen LogP contribution in [-0.2, 0) is 0 Å². The summed E-state index contributed by atoms with van der Waals surface area (Å²) < 4.78 is 27.7. The summed E-state index contributed by atoms with van der Waals surface area (Å²) in [5, 5.41) is 2.62. The molecule has 0 unspecified atom stereocenters. The Hall–Kier alpha value is -1.75. The lowest BCUT2D eigenvalue weighted by Gasteiger charge is -2.11. The third-order valence-corrected chi connectivity index (χ3v) is 3.87. The second-order valence-electron chi connectivity index (χ2n) is 4.45. The molecule has 0 radical (unpaired) electrons. The van der Waals surface area contributed by atoms with E-state index in [2.05, 4.69) is 21.2 Å². The molecule has 0 bridgehead atoms. The Morgan fingerprint density at radius 1 is 1.15 bits per heavy atom. The zero-order chi connectivity index (χ0) is 14.9. The van der Waals surface area contributed by atoms with Gasteiger partial charge in [-0.1, -0.05) is 22.0 Å². The van der Waals surface area contributed by atoms with E-state index < -0.39 is 17.5 Å². The number of carbonyl (C=O) groups excluding carboxylic acids is 1. The van der Waals surface area contributed by atoms with Crippen LogP contribution < -0.4 is 5.32 Å².